The number of halogens is 7. The molecule has 4 rings (SSSR count). The van der Waals surface area contributed by atoms with Gasteiger partial charge in [-0.2, -0.15) is 26.3 Å². The zero-order valence-electron chi connectivity index (χ0n) is 20.5. The standard InChI is InChI=1S/C25H24F7N3O4/c1-33(16-4-2-15(26)3-5-16)23(38)39-21-19(25(30,31)32)12-14(24(27,28)29)13-20(21)35-11-10-34(22(35)37)17-6-8-18(36)9-7-17/h2-5,12-13,17-18,36H,6-11H2,1H3. The number of amides is 3. The molecule has 2 aromatic carbocycles. The van der Waals surface area contributed by atoms with Crippen LogP contribution in [-0.4, -0.2) is 54.4 Å². The zero-order chi connectivity index (χ0) is 28.7. The van der Waals surface area contributed by atoms with E-state index < -0.39 is 59.0 Å². The number of carbonyl (C=O) groups excluding carboxylic acids is 2. The fourth-order valence-electron chi connectivity index (χ4n) is 4.71. The maximum atomic E-state index is 14.1. The summed E-state index contributed by atoms with van der Waals surface area (Å²) >= 11 is 0. The van der Waals surface area contributed by atoms with Gasteiger partial charge < -0.3 is 14.7 Å². The summed E-state index contributed by atoms with van der Waals surface area (Å²) < 4.78 is 101. The van der Waals surface area contributed by atoms with Gasteiger partial charge in [0.2, 0.25) is 0 Å². The van der Waals surface area contributed by atoms with Crippen LogP contribution in [0.4, 0.5) is 51.7 Å². The first-order valence-corrected chi connectivity index (χ1v) is 12.0. The van der Waals surface area contributed by atoms with Crippen molar-refractivity contribution >= 4 is 23.5 Å². The number of urea groups is 1. The van der Waals surface area contributed by atoms with Crippen molar-refractivity contribution in [1.29, 1.82) is 0 Å². The summed E-state index contributed by atoms with van der Waals surface area (Å²) in [6.45, 7) is -0.241. The molecule has 14 heteroatoms. The SMILES string of the molecule is CN(C(=O)Oc1c(N2CCN(C3CCC(O)CC3)C2=O)cc(C(F)(F)F)cc1C(F)(F)F)c1ccc(F)cc1. The molecule has 1 heterocycles. The maximum absolute atomic E-state index is 14.1. The lowest BCUT2D eigenvalue weighted by Crippen LogP contribution is -2.42. The first-order chi connectivity index (χ1) is 18.2. The number of aliphatic hydroxyl groups is 1. The van der Waals surface area contributed by atoms with Crippen LogP contribution < -0.4 is 14.5 Å². The molecular formula is C25H24F7N3O4. The predicted octanol–water partition coefficient (Wildman–Crippen LogP) is 6.04. The third-order valence-electron chi connectivity index (χ3n) is 6.82. The van der Waals surface area contributed by atoms with E-state index in [1.165, 1.54) is 4.90 Å². The van der Waals surface area contributed by atoms with E-state index in [1.807, 2.05) is 0 Å². The minimum Gasteiger partial charge on any atom is -0.407 e. The van der Waals surface area contributed by atoms with Gasteiger partial charge in [0, 0.05) is 31.9 Å². The lowest BCUT2D eigenvalue weighted by atomic mass is 9.92. The highest BCUT2D eigenvalue weighted by Gasteiger charge is 2.45. The molecule has 212 valence electrons. The minimum atomic E-state index is -5.39. The summed E-state index contributed by atoms with van der Waals surface area (Å²) in [6.07, 6.45) is -10.9. The molecule has 0 atom stereocenters. The van der Waals surface area contributed by atoms with Crippen molar-refractivity contribution in [2.45, 2.75) is 50.2 Å². The largest absolute Gasteiger partial charge is 0.420 e. The van der Waals surface area contributed by atoms with E-state index in [-0.39, 0.29) is 30.9 Å². The molecule has 1 aliphatic carbocycles. The van der Waals surface area contributed by atoms with Crippen molar-refractivity contribution in [1.82, 2.24) is 4.90 Å². The Morgan fingerprint density at radius 3 is 2.15 bits per heavy atom. The molecule has 7 nitrogen and oxygen atoms in total. The zero-order valence-corrected chi connectivity index (χ0v) is 20.5. The van der Waals surface area contributed by atoms with Crippen LogP contribution in [0.5, 0.6) is 5.75 Å². The van der Waals surface area contributed by atoms with Crippen LogP contribution in [0.15, 0.2) is 36.4 Å². The molecule has 0 spiro atoms. The molecule has 39 heavy (non-hydrogen) atoms. The molecule has 2 aliphatic rings. The topological polar surface area (TPSA) is 73.3 Å². The van der Waals surface area contributed by atoms with E-state index in [9.17, 15) is 45.4 Å². The van der Waals surface area contributed by atoms with E-state index >= 15 is 0 Å². The Balaban J connectivity index is 1.76. The van der Waals surface area contributed by atoms with Crippen LogP contribution in [0.2, 0.25) is 0 Å². The van der Waals surface area contributed by atoms with E-state index in [4.69, 9.17) is 4.74 Å². The molecule has 0 bridgehead atoms. The lowest BCUT2D eigenvalue weighted by molar-refractivity contribution is -0.143. The van der Waals surface area contributed by atoms with Gasteiger partial charge in [0.05, 0.1) is 17.4 Å². The summed E-state index contributed by atoms with van der Waals surface area (Å²) in [4.78, 5) is 28.9. The number of rotatable bonds is 4. The molecule has 1 N–H and O–H groups in total. The Hall–Kier alpha value is -3.55. The number of nitrogens with zero attached hydrogens (tertiary/aromatic N) is 3. The van der Waals surface area contributed by atoms with Crippen LogP contribution >= 0.6 is 0 Å². The summed E-state index contributed by atoms with van der Waals surface area (Å²) in [5.41, 5.74) is -4.39. The number of carbonyl (C=O) groups is 2. The molecule has 3 amide bonds. The average Bonchev–Trinajstić information content (AvgIpc) is 3.24. The fraction of sp³-hybridized carbons (Fsp3) is 0.440. The van der Waals surface area contributed by atoms with Crippen molar-refractivity contribution in [3.05, 3.63) is 53.3 Å². The van der Waals surface area contributed by atoms with Gasteiger partial charge in [-0.05, 0) is 62.1 Å². The second-order valence-corrected chi connectivity index (χ2v) is 9.36. The second-order valence-electron chi connectivity index (χ2n) is 9.36. The molecule has 1 saturated heterocycles. The number of hydrogen-bond acceptors (Lipinski definition) is 4. The quantitative estimate of drug-likeness (QED) is 0.461. The number of alkyl halides is 6. The van der Waals surface area contributed by atoms with E-state index in [2.05, 4.69) is 0 Å². The van der Waals surface area contributed by atoms with Crippen molar-refractivity contribution in [3.8, 4) is 5.75 Å². The normalized spacial score (nSPS) is 20.4. The molecule has 1 aliphatic heterocycles. The smallest absolute Gasteiger partial charge is 0.407 e. The molecule has 1 saturated carbocycles. The summed E-state index contributed by atoms with van der Waals surface area (Å²) in [5.74, 6) is -1.90. The summed E-state index contributed by atoms with van der Waals surface area (Å²) in [7, 11) is 1.12. The van der Waals surface area contributed by atoms with Crippen LogP contribution in [0.1, 0.15) is 36.8 Å². The van der Waals surface area contributed by atoms with Gasteiger partial charge in [-0.25, -0.2) is 14.0 Å². The Kier molecular flexibility index (Phi) is 7.70. The van der Waals surface area contributed by atoms with E-state index in [1.54, 1.807) is 0 Å². The second kappa shape index (κ2) is 10.5. The molecule has 0 aromatic heterocycles. The van der Waals surface area contributed by atoms with Crippen molar-refractivity contribution in [2.24, 2.45) is 0 Å². The highest BCUT2D eigenvalue weighted by Crippen LogP contribution is 2.47. The van der Waals surface area contributed by atoms with Crippen molar-refractivity contribution < 1.29 is 50.2 Å². The van der Waals surface area contributed by atoms with Gasteiger partial charge in [0.25, 0.3) is 0 Å². The highest BCUT2D eigenvalue weighted by atomic mass is 19.4. The Bertz CT molecular complexity index is 1230. The molecule has 2 aromatic rings. The Labute approximate surface area is 218 Å². The third-order valence-corrected chi connectivity index (χ3v) is 6.82. The van der Waals surface area contributed by atoms with E-state index in [0.29, 0.717) is 31.7 Å². The van der Waals surface area contributed by atoms with Crippen LogP contribution in [0.25, 0.3) is 0 Å². The lowest BCUT2D eigenvalue weighted by Gasteiger charge is -2.33. The summed E-state index contributed by atoms with van der Waals surface area (Å²) in [5, 5.41) is 9.74. The highest BCUT2D eigenvalue weighted by molar-refractivity contribution is 5.98. The van der Waals surface area contributed by atoms with Gasteiger partial charge in [-0.1, -0.05) is 0 Å². The van der Waals surface area contributed by atoms with Crippen LogP contribution in [-0.2, 0) is 12.4 Å². The van der Waals surface area contributed by atoms with Crippen molar-refractivity contribution in [2.75, 3.05) is 29.9 Å². The van der Waals surface area contributed by atoms with Gasteiger partial charge in [-0.15, -0.1) is 0 Å². The number of anilines is 2. The van der Waals surface area contributed by atoms with Gasteiger partial charge in [0.1, 0.15) is 11.4 Å². The number of ether oxygens (including phenoxy) is 1. The average molecular weight is 563 g/mol. The molecular weight excluding hydrogens is 539 g/mol. The number of hydrogen-bond donors (Lipinski definition) is 1. The van der Waals surface area contributed by atoms with Gasteiger partial charge in [-0.3, -0.25) is 9.80 Å². The minimum absolute atomic E-state index is 0.0139. The molecule has 2 fully saturated rings. The van der Waals surface area contributed by atoms with E-state index in [0.717, 1.165) is 41.1 Å². The Morgan fingerprint density at radius 2 is 1.59 bits per heavy atom. The molecule has 0 radical (unpaired) electrons. The van der Waals surface area contributed by atoms with Crippen LogP contribution in [0.3, 0.4) is 0 Å². The predicted molar refractivity (Wildman–Crippen MR) is 125 cm³/mol. The van der Waals surface area contributed by atoms with Crippen molar-refractivity contribution in [3.63, 3.8) is 0 Å². The van der Waals surface area contributed by atoms with Crippen LogP contribution in [0, 0.1) is 5.82 Å². The van der Waals surface area contributed by atoms with Gasteiger partial charge in [0.15, 0.2) is 5.75 Å². The summed E-state index contributed by atoms with van der Waals surface area (Å²) in [6, 6.07) is 3.27. The maximum Gasteiger partial charge on any atom is 0.420 e. The molecule has 0 unspecified atom stereocenters. The first kappa shape index (κ1) is 28.5. The third kappa shape index (κ3) is 6.05. The fourth-order valence-corrected chi connectivity index (χ4v) is 4.71. The van der Waals surface area contributed by atoms with Gasteiger partial charge >= 0.3 is 24.5 Å². The number of benzene rings is 2. The number of aliphatic hydroxyl groups excluding tert-OH is 1. The Morgan fingerprint density at radius 1 is 0.974 bits per heavy atom. The monoisotopic (exact) mass is 563 g/mol. The first-order valence-electron chi connectivity index (χ1n) is 12.0.